The summed E-state index contributed by atoms with van der Waals surface area (Å²) in [5.74, 6) is -0.264. The van der Waals surface area contributed by atoms with E-state index in [2.05, 4.69) is 10.4 Å². The molecule has 0 unspecified atom stereocenters. The van der Waals surface area contributed by atoms with E-state index in [0.29, 0.717) is 36.4 Å². The van der Waals surface area contributed by atoms with Gasteiger partial charge in [-0.15, -0.1) is 0 Å². The van der Waals surface area contributed by atoms with Gasteiger partial charge >= 0.3 is 0 Å². The number of rotatable bonds is 7. The van der Waals surface area contributed by atoms with Crippen molar-refractivity contribution in [1.29, 1.82) is 0 Å². The van der Waals surface area contributed by atoms with E-state index in [-0.39, 0.29) is 11.8 Å². The van der Waals surface area contributed by atoms with Crippen LogP contribution in [0.1, 0.15) is 40.1 Å². The molecule has 0 aliphatic heterocycles. The van der Waals surface area contributed by atoms with E-state index in [1.807, 2.05) is 44.2 Å². The molecule has 2 aromatic carbocycles. The first-order valence-corrected chi connectivity index (χ1v) is 9.37. The Hall–Kier alpha value is -3.41. The zero-order valence-corrected chi connectivity index (χ0v) is 16.1. The van der Waals surface area contributed by atoms with Gasteiger partial charge in [-0.25, -0.2) is 0 Å². The Labute approximate surface area is 164 Å². The lowest BCUT2D eigenvalue weighted by Crippen LogP contribution is -2.30. The monoisotopic (exact) mass is 376 g/mol. The quantitative estimate of drug-likeness (QED) is 0.684. The molecule has 1 heterocycles. The van der Waals surface area contributed by atoms with Crippen LogP contribution >= 0.6 is 0 Å². The van der Waals surface area contributed by atoms with Crippen molar-refractivity contribution in [2.45, 2.75) is 20.4 Å². The third-order valence-corrected chi connectivity index (χ3v) is 4.52. The highest BCUT2D eigenvalue weighted by atomic mass is 16.2. The number of anilines is 1. The van der Waals surface area contributed by atoms with Crippen molar-refractivity contribution in [2.24, 2.45) is 0 Å². The topological polar surface area (TPSA) is 67.2 Å². The summed E-state index contributed by atoms with van der Waals surface area (Å²) in [7, 11) is 0. The highest BCUT2D eigenvalue weighted by molar-refractivity contribution is 6.05. The molecule has 0 aliphatic carbocycles. The first-order chi connectivity index (χ1) is 13.6. The Bertz CT molecular complexity index is 929. The highest BCUT2D eigenvalue weighted by Crippen LogP contribution is 2.12. The molecule has 0 atom stereocenters. The number of hydrogen-bond donors (Lipinski definition) is 1. The fraction of sp³-hybridized carbons (Fsp3) is 0.227. The van der Waals surface area contributed by atoms with Crippen molar-refractivity contribution in [1.82, 2.24) is 14.7 Å². The third-order valence-electron chi connectivity index (χ3n) is 4.52. The summed E-state index contributed by atoms with van der Waals surface area (Å²) in [6, 6.07) is 16.7. The van der Waals surface area contributed by atoms with Gasteiger partial charge in [0.1, 0.15) is 0 Å². The van der Waals surface area contributed by atoms with Crippen molar-refractivity contribution in [3.8, 4) is 0 Å². The van der Waals surface area contributed by atoms with Crippen LogP contribution < -0.4 is 5.32 Å². The van der Waals surface area contributed by atoms with Crippen LogP contribution in [0.15, 0.2) is 67.0 Å². The van der Waals surface area contributed by atoms with E-state index in [1.54, 1.807) is 46.2 Å². The van der Waals surface area contributed by atoms with Crippen molar-refractivity contribution < 1.29 is 9.59 Å². The number of hydrogen-bond acceptors (Lipinski definition) is 3. The number of carbonyl (C=O) groups excluding carboxylic acids is 2. The molecule has 0 saturated carbocycles. The van der Waals surface area contributed by atoms with E-state index in [9.17, 15) is 9.59 Å². The molecule has 3 rings (SSSR count). The van der Waals surface area contributed by atoms with E-state index in [0.717, 1.165) is 5.56 Å². The molecule has 1 aromatic heterocycles. The van der Waals surface area contributed by atoms with Gasteiger partial charge in [0.2, 0.25) is 0 Å². The fourth-order valence-electron chi connectivity index (χ4n) is 2.95. The third kappa shape index (κ3) is 4.65. The number of benzene rings is 2. The smallest absolute Gasteiger partial charge is 0.255 e. The van der Waals surface area contributed by atoms with E-state index in [1.165, 1.54) is 0 Å². The standard InChI is InChI=1S/C22H24N4O2/c1-3-25(4-2)22(28)19-12-10-18(11-13-19)21(27)24-20-14-23-26(16-20)15-17-8-6-5-7-9-17/h5-14,16H,3-4,15H2,1-2H3,(H,24,27). The van der Waals surface area contributed by atoms with Crippen LogP contribution in [0.3, 0.4) is 0 Å². The predicted molar refractivity (Wildman–Crippen MR) is 109 cm³/mol. The molecule has 0 aliphatic rings. The predicted octanol–water partition coefficient (Wildman–Crippen LogP) is 3.67. The largest absolute Gasteiger partial charge is 0.339 e. The van der Waals surface area contributed by atoms with Crippen LogP contribution in [0.2, 0.25) is 0 Å². The van der Waals surface area contributed by atoms with Gasteiger partial charge in [-0.2, -0.15) is 5.10 Å². The van der Waals surface area contributed by atoms with Gasteiger partial charge in [-0.3, -0.25) is 14.3 Å². The molecule has 1 N–H and O–H groups in total. The lowest BCUT2D eigenvalue weighted by atomic mass is 10.1. The zero-order chi connectivity index (χ0) is 19.9. The molecular weight excluding hydrogens is 352 g/mol. The number of nitrogens with zero attached hydrogens (tertiary/aromatic N) is 3. The molecule has 2 amide bonds. The first-order valence-electron chi connectivity index (χ1n) is 9.37. The summed E-state index contributed by atoms with van der Waals surface area (Å²) in [6.45, 7) is 5.84. The minimum atomic E-state index is -0.235. The zero-order valence-electron chi connectivity index (χ0n) is 16.1. The molecule has 3 aromatic rings. The summed E-state index contributed by atoms with van der Waals surface area (Å²) >= 11 is 0. The maximum Gasteiger partial charge on any atom is 0.255 e. The molecule has 28 heavy (non-hydrogen) atoms. The van der Waals surface area contributed by atoms with Gasteiger partial charge in [0, 0.05) is 30.4 Å². The molecule has 0 saturated heterocycles. The Kier molecular flexibility index (Phi) is 6.22. The van der Waals surface area contributed by atoms with E-state index < -0.39 is 0 Å². The molecule has 6 nitrogen and oxygen atoms in total. The highest BCUT2D eigenvalue weighted by Gasteiger charge is 2.14. The fourth-order valence-corrected chi connectivity index (χ4v) is 2.95. The second-order valence-corrected chi connectivity index (χ2v) is 6.42. The van der Waals surface area contributed by atoms with E-state index >= 15 is 0 Å². The normalized spacial score (nSPS) is 10.5. The van der Waals surface area contributed by atoms with Gasteiger partial charge < -0.3 is 10.2 Å². The van der Waals surface area contributed by atoms with Crippen LogP contribution in [0.5, 0.6) is 0 Å². The second kappa shape index (κ2) is 8.99. The first kappa shape index (κ1) is 19.4. The van der Waals surface area contributed by atoms with Gasteiger partial charge in [0.05, 0.1) is 18.4 Å². The van der Waals surface area contributed by atoms with Crippen LogP contribution in [0.4, 0.5) is 5.69 Å². The maximum atomic E-state index is 12.5. The van der Waals surface area contributed by atoms with Crippen molar-refractivity contribution >= 4 is 17.5 Å². The van der Waals surface area contributed by atoms with Crippen molar-refractivity contribution in [2.75, 3.05) is 18.4 Å². The van der Waals surface area contributed by atoms with Gasteiger partial charge in [0.15, 0.2) is 0 Å². The lowest BCUT2D eigenvalue weighted by Gasteiger charge is -2.18. The molecule has 0 radical (unpaired) electrons. The van der Waals surface area contributed by atoms with Crippen LogP contribution in [0.25, 0.3) is 0 Å². The maximum absolute atomic E-state index is 12.5. The minimum absolute atomic E-state index is 0.0286. The van der Waals surface area contributed by atoms with Gasteiger partial charge in [-0.1, -0.05) is 30.3 Å². The van der Waals surface area contributed by atoms with Gasteiger partial charge in [-0.05, 0) is 43.7 Å². The van der Waals surface area contributed by atoms with Crippen LogP contribution in [0, 0.1) is 0 Å². The lowest BCUT2D eigenvalue weighted by molar-refractivity contribution is 0.0772. The summed E-state index contributed by atoms with van der Waals surface area (Å²) in [4.78, 5) is 26.6. The van der Waals surface area contributed by atoms with Gasteiger partial charge in [0.25, 0.3) is 11.8 Å². The average Bonchev–Trinajstić information content (AvgIpc) is 3.16. The minimum Gasteiger partial charge on any atom is -0.339 e. The average molecular weight is 376 g/mol. The number of amides is 2. The summed E-state index contributed by atoms with van der Waals surface area (Å²) in [6.07, 6.45) is 3.42. The Balaban J connectivity index is 1.63. The van der Waals surface area contributed by atoms with Crippen LogP contribution in [-0.4, -0.2) is 39.6 Å². The number of carbonyl (C=O) groups is 2. The van der Waals surface area contributed by atoms with E-state index in [4.69, 9.17) is 0 Å². The molecular formula is C22H24N4O2. The van der Waals surface area contributed by atoms with Crippen molar-refractivity contribution in [3.63, 3.8) is 0 Å². The molecule has 144 valence electrons. The molecule has 6 heteroatoms. The Morgan fingerprint density at radius 1 is 0.964 bits per heavy atom. The molecule has 0 fully saturated rings. The Morgan fingerprint density at radius 3 is 2.25 bits per heavy atom. The molecule has 0 spiro atoms. The van der Waals surface area contributed by atoms with Crippen LogP contribution in [-0.2, 0) is 6.54 Å². The summed E-state index contributed by atoms with van der Waals surface area (Å²) in [5, 5.41) is 7.13. The SMILES string of the molecule is CCN(CC)C(=O)c1ccc(C(=O)Nc2cnn(Cc3ccccc3)c2)cc1. The number of nitrogens with one attached hydrogen (secondary N) is 1. The summed E-state index contributed by atoms with van der Waals surface area (Å²) in [5.41, 5.74) is 2.84. The second-order valence-electron chi connectivity index (χ2n) is 6.42. The molecule has 0 bridgehead atoms. The Morgan fingerprint density at radius 2 is 1.61 bits per heavy atom. The number of aromatic nitrogens is 2. The van der Waals surface area contributed by atoms with Crippen molar-refractivity contribution in [3.05, 3.63) is 83.7 Å². The summed E-state index contributed by atoms with van der Waals surface area (Å²) < 4.78 is 1.77.